The molecule has 1 saturated carbocycles. The van der Waals surface area contributed by atoms with Crippen LogP contribution in [-0.4, -0.2) is 0 Å². The van der Waals surface area contributed by atoms with Gasteiger partial charge in [-0.25, -0.2) is 0 Å². The summed E-state index contributed by atoms with van der Waals surface area (Å²) < 4.78 is 0. The molecule has 88 valence electrons. The van der Waals surface area contributed by atoms with E-state index < -0.39 is 0 Å². The normalized spacial score (nSPS) is 27.2. The first-order valence-corrected chi connectivity index (χ1v) is 6.80. The Hall–Kier alpha value is -0.260. The van der Waals surface area contributed by atoms with Gasteiger partial charge >= 0.3 is 0 Å². The lowest BCUT2D eigenvalue weighted by Crippen LogP contribution is -2.21. The maximum atomic E-state index is 2.42. The van der Waals surface area contributed by atoms with Crippen LogP contribution in [0, 0.1) is 17.8 Å². The van der Waals surface area contributed by atoms with Crippen molar-refractivity contribution in [3.8, 4) is 0 Å². The predicted octanol–water partition coefficient (Wildman–Crippen LogP) is 5.20. The summed E-state index contributed by atoms with van der Waals surface area (Å²) in [5.41, 5.74) is 3.58. The van der Waals surface area contributed by atoms with Gasteiger partial charge in [0.15, 0.2) is 0 Å². The standard InChI is InChI=1S/C15H28/c1-6-13(7-2)15-10-12(5)8-9-14(15)11(3)4/h11-12,14H,6-10H2,1-5H3/t12-,14+/m1/s1. The molecule has 0 aromatic carbocycles. The molecule has 0 heteroatoms. The van der Waals surface area contributed by atoms with E-state index in [0.717, 1.165) is 17.8 Å². The highest BCUT2D eigenvalue weighted by Crippen LogP contribution is 2.40. The van der Waals surface area contributed by atoms with Crippen LogP contribution < -0.4 is 0 Å². The second-order valence-electron chi connectivity index (χ2n) is 5.57. The molecule has 0 amide bonds. The number of hydrogen-bond donors (Lipinski definition) is 0. The number of allylic oxidation sites excluding steroid dienone is 2. The minimum absolute atomic E-state index is 0.834. The first-order valence-electron chi connectivity index (χ1n) is 6.80. The molecule has 0 spiro atoms. The topological polar surface area (TPSA) is 0 Å². The maximum absolute atomic E-state index is 2.42. The fourth-order valence-corrected chi connectivity index (χ4v) is 3.11. The summed E-state index contributed by atoms with van der Waals surface area (Å²) in [5.74, 6) is 2.64. The zero-order valence-corrected chi connectivity index (χ0v) is 11.3. The van der Waals surface area contributed by atoms with Crippen molar-refractivity contribution in [2.24, 2.45) is 17.8 Å². The number of rotatable bonds is 3. The SMILES string of the molecule is CCC(CC)=C1C[C@H](C)CC[C@H]1C(C)C. The van der Waals surface area contributed by atoms with Gasteiger partial charge in [-0.15, -0.1) is 0 Å². The van der Waals surface area contributed by atoms with Crippen LogP contribution >= 0.6 is 0 Å². The molecule has 1 rings (SSSR count). The summed E-state index contributed by atoms with van der Waals surface area (Å²) in [6, 6.07) is 0. The highest BCUT2D eigenvalue weighted by atomic mass is 14.3. The van der Waals surface area contributed by atoms with E-state index in [9.17, 15) is 0 Å². The van der Waals surface area contributed by atoms with Crippen molar-refractivity contribution >= 4 is 0 Å². The van der Waals surface area contributed by atoms with Crippen LogP contribution in [0.15, 0.2) is 11.1 Å². The number of hydrogen-bond acceptors (Lipinski definition) is 0. The fraction of sp³-hybridized carbons (Fsp3) is 0.867. The van der Waals surface area contributed by atoms with Crippen molar-refractivity contribution in [1.29, 1.82) is 0 Å². The van der Waals surface area contributed by atoms with Gasteiger partial charge in [0.05, 0.1) is 0 Å². The Morgan fingerprint density at radius 2 is 1.80 bits per heavy atom. The second kappa shape index (κ2) is 5.72. The van der Waals surface area contributed by atoms with Crippen molar-refractivity contribution in [2.75, 3.05) is 0 Å². The molecule has 0 bridgehead atoms. The van der Waals surface area contributed by atoms with E-state index in [4.69, 9.17) is 0 Å². The quantitative estimate of drug-likeness (QED) is 0.559. The van der Waals surface area contributed by atoms with Crippen LogP contribution in [0.1, 0.15) is 66.7 Å². The van der Waals surface area contributed by atoms with E-state index in [1.807, 2.05) is 5.57 Å². The van der Waals surface area contributed by atoms with Gasteiger partial charge in [-0.1, -0.05) is 45.8 Å². The van der Waals surface area contributed by atoms with Crippen LogP contribution in [0.3, 0.4) is 0 Å². The molecule has 0 unspecified atom stereocenters. The molecular formula is C15H28. The molecule has 0 saturated heterocycles. The Morgan fingerprint density at radius 1 is 1.20 bits per heavy atom. The van der Waals surface area contributed by atoms with Crippen LogP contribution in [0.4, 0.5) is 0 Å². The molecule has 0 aromatic heterocycles. The third-order valence-corrected chi connectivity index (χ3v) is 4.10. The van der Waals surface area contributed by atoms with Gasteiger partial charge in [-0.05, 0) is 49.9 Å². The van der Waals surface area contributed by atoms with Gasteiger partial charge in [0.2, 0.25) is 0 Å². The minimum Gasteiger partial charge on any atom is -0.0713 e. The monoisotopic (exact) mass is 208 g/mol. The molecular weight excluding hydrogens is 180 g/mol. The van der Waals surface area contributed by atoms with E-state index in [1.54, 1.807) is 5.57 Å². The Balaban J connectivity index is 2.91. The van der Waals surface area contributed by atoms with Crippen molar-refractivity contribution in [1.82, 2.24) is 0 Å². The van der Waals surface area contributed by atoms with Crippen LogP contribution in [0.5, 0.6) is 0 Å². The molecule has 1 aliphatic carbocycles. The molecule has 0 aliphatic heterocycles. The highest BCUT2D eigenvalue weighted by Gasteiger charge is 2.26. The highest BCUT2D eigenvalue weighted by molar-refractivity contribution is 5.19. The van der Waals surface area contributed by atoms with Crippen molar-refractivity contribution in [3.05, 3.63) is 11.1 Å². The third-order valence-electron chi connectivity index (χ3n) is 4.10. The predicted molar refractivity (Wildman–Crippen MR) is 69.0 cm³/mol. The van der Waals surface area contributed by atoms with Gasteiger partial charge in [-0.3, -0.25) is 0 Å². The van der Waals surface area contributed by atoms with Crippen LogP contribution in [-0.2, 0) is 0 Å². The zero-order chi connectivity index (χ0) is 11.4. The average Bonchev–Trinajstić information content (AvgIpc) is 2.19. The first-order chi connectivity index (χ1) is 7.10. The Labute approximate surface area is 96.2 Å². The largest absolute Gasteiger partial charge is 0.0713 e. The molecule has 15 heavy (non-hydrogen) atoms. The van der Waals surface area contributed by atoms with Gasteiger partial charge in [0.1, 0.15) is 0 Å². The van der Waals surface area contributed by atoms with E-state index in [0.29, 0.717) is 0 Å². The summed E-state index contributed by atoms with van der Waals surface area (Å²) in [6.45, 7) is 11.8. The first kappa shape index (κ1) is 12.8. The van der Waals surface area contributed by atoms with Crippen LogP contribution in [0.25, 0.3) is 0 Å². The molecule has 0 radical (unpaired) electrons. The van der Waals surface area contributed by atoms with Crippen LogP contribution in [0.2, 0.25) is 0 Å². The Morgan fingerprint density at radius 3 is 2.27 bits per heavy atom. The molecule has 0 heterocycles. The van der Waals surface area contributed by atoms with Crippen molar-refractivity contribution < 1.29 is 0 Å². The van der Waals surface area contributed by atoms with Gasteiger partial charge in [0.25, 0.3) is 0 Å². The third kappa shape index (κ3) is 3.09. The summed E-state index contributed by atoms with van der Waals surface area (Å²) >= 11 is 0. The molecule has 1 aliphatic rings. The molecule has 0 aromatic rings. The van der Waals surface area contributed by atoms with E-state index >= 15 is 0 Å². The summed E-state index contributed by atoms with van der Waals surface area (Å²) in [7, 11) is 0. The van der Waals surface area contributed by atoms with Gasteiger partial charge in [0, 0.05) is 0 Å². The minimum atomic E-state index is 0.834. The fourth-order valence-electron chi connectivity index (χ4n) is 3.11. The summed E-state index contributed by atoms with van der Waals surface area (Å²) in [6.07, 6.45) is 6.77. The Kier molecular flexibility index (Phi) is 4.89. The smallest absolute Gasteiger partial charge is 0.0177 e. The van der Waals surface area contributed by atoms with Crippen molar-refractivity contribution in [3.63, 3.8) is 0 Å². The molecule has 2 atom stereocenters. The molecule has 0 nitrogen and oxygen atoms in total. The summed E-state index contributed by atoms with van der Waals surface area (Å²) in [4.78, 5) is 0. The van der Waals surface area contributed by atoms with E-state index in [2.05, 4.69) is 34.6 Å². The lowest BCUT2D eigenvalue weighted by Gasteiger charge is -2.34. The van der Waals surface area contributed by atoms with E-state index in [1.165, 1.54) is 32.1 Å². The zero-order valence-electron chi connectivity index (χ0n) is 11.3. The van der Waals surface area contributed by atoms with E-state index in [-0.39, 0.29) is 0 Å². The average molecular weight is 208 g/mol. The lowest BCUT2D eigenvalue weighted by molar-refractivity contribution is 0.303. The second-order valence-corrected chi connectivity index (χ2v) is 5.57. The Bertz CT molecular complexity index is 216. The van der Waals surface area contributed by atoms with Crippen molar-refractivity contribution in [2.45, 2.75) is 66.7 Å². The lowest BCUT2D eigenvalue weighted by atomic mass is 9.71. The van der Waals surface area contributed by atoms with Gasteiger partial charge in [-0.2, -0.15) is 0 Å². The maximum Gasteiger partial charge on any atom is -0.0177 e. The molecule has 0 N–H and O–H groups in total. The summed E-state index contributed by atoms with van der Waals surface area (Å²) in [5, 5.41) is 0. The molecule has 1 fully saturated rings. The van der Waals surface area contributed by atoms with Gasteiger partial charge < -0.3 is 0 Å².